The summed E-state index contributed by atoms with van der Waals surface area (Å²) in [6.07, 6.45) is 0. The minimum absolute atomic E-state index is 0.0206. The molecule has 0 aliphatic heterocycles. The summed E-state index contributed by atoms with van der Waals surface area (Å²) in [6, 6.07) is 10.4. The molecule has 128 valence electrons. The Morgan fingerprint density at radius 2 is 2.04 bits per heavy atom. The summed E-state index contributed by atoms with van der Waals surface area (Å²) >= 11 is 3.44. The lowest BCUT2D eigenvalue weighted by molar-refractivity contribution is -0.115. The average Bonchev–Trinajstić information content (AvgIpc) is 2.56. The number of hydrogen-bond acceptors (Lipinski definition) is 3. The standard InChI is InChI=1S/C18H20BrFN2O2/c1-11-4-6-14(9-16(11)20)22-18(23)10-21-12(2)13-5-7-17(24-3)15(19)8-13/h4-9,12,21H,10H2,1-3H3,(H,22,23)/t12-/m0/s1. The molecule has 1 amide bonds. The molecule has 2 aromatic carbocycles. The van der Waals surface area contributed by atoms with Crippen molar-refractivity contribution in [1.82, 2.24) is 5.32 Å². The van der Waals surface area contributed by atoms with Crippen LogP contribution in [0, 0.1) is 12.7 Å². The lowest BCUT2D eigenvalue weighted by atomic mass is 10.1. The molecular weight excluding hydrogens is 375 g/mol. The van der Waals surface area contributed by atoms with Gasteiger partial charge >= 0.3 is 0 Å². The Morgan fingerprint density at radius 3 is 2.67 bits per heavy atom. The molecule has 2 aromatic rings. The number of rotatable bonds is 6. The third-order valence-corrected chi connectivity index (χ3v) is 4.32. The zero-order valence-corrected chi connectivity index (χ0v) is 15.4. The number of benzene rings is 2. The predicted molar refractivity (Wildman–Crippen MR) is 96.9 cm³/mol. The van der Waals surface area contributed by atoms with Crippen LogP contribution >= 0.6 is 15.9 Å². The van der Waals surface area contributed by atoms with Crippen LogP contribution in [0.1, 0.15) is 24.1 Å². The zero-order valence-electron chi connectivity index (χ0n) is 13.8. The molecule has 2 rings (SSSR count). The third-order valence-electron chi connectivity index (χ3n) is 3.70. The van der Waals surface area contributed by atoms with Crippen molar-refractivity contribution in [3.63, 3.8) is 0 Å². The normalized spacial score (nSPS) is 11.9. The highest BCUT2D eigenvalue weighted by Crippen LogP contribution is 2.27. The fraction of sp³-hybridized carbons (Fsp3) is 0.278. The minimum Gasteiger partial charge on any atom is -0.496 e. The number of hydrogen-bond donors (Lipinski definition) is 2. The lowest BCUT2D eigenvalue weighted by Crippen LogP contribution is -2.30. The van der Waals surface area contributed by atoms with Gasteiger partial charge in [-0.25, -0.2) is 4.39 Å². The molecule has 0 aromatic heterocycles. The van der Waals surface area contributed by atoms with E-state index in [-0.39, 0.29) is 24.3 Å². The van der Waals surface area contributed by atoms with Crippen LogP contribution in [-0.4, -0.2) is 19.6 Å². The topological polar surface area (TPSA) is 50.4 Å². The van der Waals surface area contributed by atoms with Gasteiger partial charge in [0.15, 0.2) is 0 Å². The van der Waals surface area contributed by atoms with Crippen molar-refractivity contribution in [1.29, 1.82) is 0 Å². The third kappa shape index (κ3) is 4.79. The Bertz CT molecular complexity index is 737. The molecule has 0 fully saturated rings. The summed E-state index contributed by atoms with van der Waals surface area (Å²) in [7, 11) is 1.61. The summed E-state index contributed by atoms with van der Waals surface area (Å²) in [5.74, 6) is 0.194. The first kappa shape index (κ1) is 18.4. The van der Waals surface area contributed by atoms with Gasteiger partial charge in [0.25, 0.3) is 0 Å². The van der Waals surface area contributed by atoms with E-state index in [0.717, 1.165) is 15.8 Å². The molecule has 0 radical (unpaired) electrons. The van der Waals surface area contributed by atoms with Crippen LogP contribution in [0.4, 0.5) is 10.1 Å². The van der Waals surface area contributed by atoms with Gasteiger partial charge in [-0.2, -0.15) is 0 Å². The largest absolute Gasteiger partial charge is 0.496 e. The first-order valence-electron chi connectivity index (χ1n) is 7.53. The molecule has 6 heteroatoms. The van der Waals surface area contributed by atoms with Crippen LogP contribution in [0.5, 0.6) is 5.75 Å². The first-order valence-corrected chi connectivity index (χ1v) is 8.33. The van der Waals surface area contributed by atoms with Crippen LogP contribution < -0.4 is 15.4 Å². The molecule has 0 aliphatic carbocycles. The van der Waals surface area contributed by atoms with Crippen LogP contribution in [0.3, 0.4) is 0 Å². The van der Waals surface area contributed by atoms with E-state index < -0.39 is 0 Å². The maximum Gasteiger partial charge on any atom is 0.238 e. The summed E-state index contributed by atoms with van der Waals surface area (Å²) in [6.45, 7) is 3.77. The maximum atomic E-state index is 13.5. The van der Waals surface area contributed by atoms with Gasteiger partial charge in [-0.3, -0.25) is 4.79 Å². The quantitative estimate of drug-likeness (QED) is 0.771. The van der Waals surface area contributed by atoms with E-state index in [9.17, 15) is 9.18 Å². The number of carbonyl (C=O) groups excluding carboxylic acids is 1. The Labute approximate surface area is 149 Å². The fourth-order valence-electron chi connectivity index (χ4n) is 2.19. The Kier molecular flexibility index (Phi) is 6.34. The van der Waals surface area contributed by atoms with Crippen molar-refractivity contribution in [3.8, 4) is 5.75 Å². The summed E-state index contributed by atoms with van der Waals surface area (Å²) in [4.78, 5) is 12.0. The van der Waals surface area contributed by atoms with E-state index in [2.05, 4.69) is 26.6 Å². The molecular formula is C18H20BrFN2O2. The molecule has 0 spiro atoms. The molecule has 4 nitrogen and oxygen atoms in total. The second kappa shape index (κ2) is 8.26. The van der Waals surface area contributed by atoms with Crippen molar-refractivity contribution in [2.45, 2.75) is 19.9 Å². The average molecular weight is 395 g/mol. The number of halogens is 2. The highest BCUT2D eigenvalue weighted by atomic mass is 79.9. The van der Waals surface area contributed by atoms with E-state index in [1.54, 1.807) is 26.2 Å². The van der Waals surface area contributed by atoms with Crippen LogP contribution in [-0.2, 0) is 4.79 Å². The van der Waals surface area contributed by atoms with Gasteiger partial charge in [0.1, 0.15) is 11.6 Å². The highest BCUT2D eigenvalue weighted by molar-refractivity contribution is 9.10. The molecule has 24 heavy (non-hydrogen) atoms. The molecule has 2 N–H and O–H groups in total. The van der Waals surface area contributed by atoms with Crippen molar-refractivity contribution >= 4 is 27.5 Å². The number of aryl methyl sites for hydroxylation is 1. The number of carbonyl (C=O) groups is 1. The molecule has 0 bridgehead atoms. The van der Waals surface area contributed by atoms with Gasteiger partial charge in [0.2, 0.25) is 5.91 Å². The Hall–Kier alpha value is -1.92. The summed E-state index contributed by atoms with van der Waals surface area (Å²) < 4.78 is 19.5. The molecule has 0 aliphatic rings. The highest BCUT2D eigenvalue weighted by Gasteiger charge is 2.10. The van der Waals surface area contributed by atoms with Crippen LogP contribution in [0.25, 0.3) is 0 Å². The SMILES string of the molecule is COc1ccc([C@H](C)NCC(=O)Nc2ccc(C)c(F)c2)cc1Br. The molecule has 0 unspecified atom stereocenters. The van der Waals surface area contributed by atoms with E-state index in [1.165, 1.54) is 6.07 Å². The smallest absolute Gasteiger partial charge is 0.238 e. The van der Waals surface area contributed by atoms with Gasteiger partial charge in [0, 0.05) is 11.7 Å². The number of methoxy groups -OCH3 is 1. The maximum absolute atomic E-state index is 13.5. The monoisotopic (exact) mass is 394 g/mol. The lowest BCUT2D eigenvalue weighted by Gasteiger charge is -2.15. The Morgan fingerprint density at radius 1 is 1.29 bits per heavy atom. The number of ether oxygens (including phenoxy) is 1. The Balaban J connectivity index is 1.90. The minimum atomic E-state index is -0.336. The first-order chi connectivity index (χ1) is 11.4. The second-order valence-corrected chi connectivity index (χ2v) is 6.36. The van der Waals surface area contributed by atoms with Crippen LogP contribution in [0.15, 0.2) is 40.9 Å². The van der Waals surface area contributed by atoms with Gasteiger partial charge in [-0.05, 0) is 65.2 Å². The summed E-state index contributed by atoms with van der Waals surface area (Å²) in [5.41, 5.74) is 2.02. The second-order valence-electron chi connectivity index (χ2n) is 5.51. The predicted octanol–water partition coefficient (Wildman–Crippen LogP) is 4.19. The van der Waals surface area contributed by atoms with E-state index in [4.69, 9.17) is 4.74 Å². The molecule has 1 atom stereocenters. The molecule has 0 saturated heterocycles. The van der Waals surface area contributed by atoms with Gasteiger partial charge in [0.05, 0.1) is 18.1 Å². The van der Waals surface area contributed by atoms with Crippen LogP contribution in [0.2, 0.25) is 0 Å². The van der Waals surface area contributed by atoms with Gasteiger partial charge in [-0.1, -0.05) is 12.1 Å². The van der Waals surface area contributed by atoms with Gasteiger partial charge in [-0.15, -0.1) is 0 Å². The molecule has 0 saturated carbocycles. The van der Waals surface area contributed by atoms with Gasteiger partial charge < -0.3 is 15.4 Å². The van der Waals surface area contributed by atoms with Crippen molar-refractivity contribution in [3.05, 3.63) is 57.8 Å². The van der Waals surface area contributed by atoms with Crippen molar-refractivity contribution in [2.75, 3.05) is 19.0 Å². The fourth-order valence-corrected chi connectivity index (χ4v) is 2.75. The van der Waals surface area contributed by atoms with Crippen molar-refractivity contribution in [2.24, 2.45) is 0 Å². The number of amides is 1. The van der Waals surface area contributed by atoms with E-state index in [1.807, 2.05) is 25.1 Å². The van der Waals surface area contributed by atoms with E-state index in [0.29, 0.717) is 11.3 Å². The van der Waals surface area contributed by atoms with Crippen molar-refractivity contribution < 1.29 is 13.9 Å². The van der Waals surface area contributed by atoms with E-state index >= 15 is 0 Å². The number of anilines is 1. The summed E-state index contributed by atoms with van der Waals surface area (Å²) in [5, 5.41) is 5.82. The zero-order chi connectivity index (χ0) is 17.7. The molecule has 0 heterocycles. The number of nitrogens with one attached hydrogen (secondary N) is 2.